The van der Waals surface area contributed by atoms with Gasteiger partial charge in [0.2, 0.25) is 0 Å². The maximum absolute atomic E-state index is 3.62. The zero-order valence-corrected chi connectivity index (χ0v) is 12.9. The molecule has 3 heteroatoms. The predicted octanol–water partition coefficient (Wildman–Crippen LogP) is 2.69. The molecule has 1 N–H and O–H groups in total. The topological polar surface area (TPSA) is 15.3 Å². The van der Waals surface area contributed by atoms with Crippen molar-refractivity contribution in [3.8, 4) is 0 Å². The van der Waals surface area contributed by atoms with Crippen LogP contribution in [0.5, 0.6) is 0 Å². The summed E-state index contributed by atoms with van der Waals surface area (Å²) in [4.78, 5) is 2.27. The Bertz CT molecular complexity index is 179. The minimum Gasteiger partial charge on any atom is -0.312 e. The van der Waals surface area contributed by atoms with Gasteiger partial charge in [-0.1, -0.05) is 13.8 Å². The smallest absolute Gasteiger partial charge is 0.0271 e. The molecule has 0 aliphatic rings. The van der Waals surface area contributed by atoms with Crippen LogP contribution in [-0.2, 0) is 0 Å². The highest BCUT2D eigenvalue weighted by atomic mass is 32.2. The van der Waals surface area contributed by atoms with Crippen molar-refractivity contribution in [2.45, 2.75) is 46.2 Å². The average Bonchev–Trinajstić information content (AvgIpc) is 2.14. The van der Waals surface area contributed by atoms with Gasteiger partial charge in [-0.3, -0.25) is 0 Å². The van der Waals surface area contributed by atoms with Crippen molar-refractivity contribution < 1.29 is 0 Å². The van der Waals surface area contributed by atoms with E-state index in [9.17, 15) is 0 Å². The lowest BCUT2D eigenvalue weighted by Gasteiger charge is -2.34. The predicted molar refractivity (Wildman–Crippen MR) is 77.4 cm³/mol. The van der Waals surface area contributed by atoms with Crippen molar-refractivity contribution in [2.24, 2.45) is 5.92 Å². The molecule has 1 unspecified atom stereocenters. The molecular weight excluding hydrogens is 216 g/mol. The Morgan fingerprint density at radius 1 is 1.12 bits per heavy atom. The molecule has 0 rings (SSSR count). The van der Waals surface area contributed by atoms with Crippen LogP contribution in [0.1, 0.15) is 34.6 Å². The molecule has 0 bridgehead atoms. The highest BCUT2D eigenvalue weighted by Gasteiger charge is 2.20. The second kappa shape index (κ2) is 7.57. The van der Waals surface area contributed by atoms with Crippen LogP contribution in [0.25, 0.3) is 0 Å². The number of rotatable bonds is 8. The first-order valence-corrected chi connectivity index (χ1v) is 7.39. The standard InChI is InChI=1S/C13H30N2S/c1-11(2)8-16-9-12(3)14-10-13(4,5)15(6)7/h11-12,14H,8-10H2,1-7H3. The third kappa shape index (κ3) is 7.53. The van der Waals surface area contributed by atoms with Crippen LogP contribution in [0.15, 0.2) is 0 Å². The van der Waals surface area contributed by atoms with E-state index in [0.717, 1.165) is 12.5 Å². The molecule has 0 aromatic rings. The average molecular weight is 246 g/mol. The van der Waals surface area contributed by atoms with Gasteiger partial charge >= 0.3 is 0 Å². The lowest BCUT2D eigenvalue weighted by Crippen LogP contribution is -2.49. The van der Waals surface area contributed by atoms with Crippen molar-refractivity contribution in [3.05, 3.63) is 0 Å². The van der Waals surface area contributed by atoms with Gasteiger partial charge in [0.15, 0.2) is 0 Å². The second-order valence-corrected chi connectivity index (χ2v) is 7.00. The Morgan fingerprint density at radius 3 is 2.12 bits per heavy atom. The van der Waals surface area contributed by atoms with Crippen LogP contribution < -0.4 is 5.32 Å². The fraction of sp³-hybridized carbons (Fsp3) is 1.00. The summed E-state index contributed by atoms with van der Waals surface area (Å²) in [5.41, 5.74) is 0.233. The second-order valence-electron chi connectivity index (χ2n) is 5.92. The number of thioether (sulfide) groups is 1. The Morgan fingerprint density at radius 2 is 1.69 bits per heavy atom. The molecule has 0 aromatic carbocycles. The van der Waals surface area contributed by atoms with Gasteiger partial charge in [0.25, 0.3) is 0 Å². The van der Waals surface area contributed by atoms with E-state index >= 15 is 0 Å². The van der Waals surface area contributed by atoms with Crippen molar-refractivity contribution in [1.82, 2.24) is 10.2 Å². The monoisotopic (exact) mass is 246 g/mol. The summed E-state index contributed by atoms with van der Waals surface area (Å²) in [5, 5.41) is 3.62. The quantitative estimate of drug-likeness (QED) is 0.709. The highest BCUT2D eigenvalue weighted by Crippen LogP contribution is 2.11. The third-order valence-electron chi connectivity index (χ3n) is 2.91. The van der Waals surface area contributed by atoms with E-state index in [1.807, 2.05) is 0 Å². The van der Waals surface area contributed by atoms with Crippen LogP contribution in [-0.4, -0.2) is 48.6 Å². The van der Waals surface area contributed by atoms with Gasteiger partial charge in [-0.15, -0.1) is 0 Å². The van der Waals surface area contributed by atoms with Gasteiger partial charge in [0.1, 0.15) is 0 Å². The summed E-state index contributed by atoms with van der Waals surface area (Å²) in [6, 6.07) is 0.600. The minimum absolute atomic E-state index is 0.233. The van der Waals surface area contributed by atoms with Crippen molar-refractivity contribution in [1.29, 1.82) is 0 Å². The Kier molecular flexibility index (Phi) is 7.70. The van der Waals surface area contributed by atoms with E-state index in [2.05, 4.69) is 70.7 Å². The molecular formula is C13H30N2S. The molecule has 0 spiro atoms. The summed E-state index contributed by atoms with van der Waals surface area (Å²) in [6.45, 7) is 12.4. The summed E-state index contributed by atoms with van der Waals surface area (Å²) in [5.74, 6) is 3.28. The number of hydrogen-bond acceptors (Lipinski definition) is 3. The first-order chi connectivity index (χ1) is 7.25. The number of likely N-dealkylation sites (N-methyl/N-ethyl adjacent to an activating group) is 1. The lowest BCUT2D eigenvalue weighted by atomic mass is 10.0. The number of hydrogen-bond donors (Lipinski definition) is 1. The van der Waals surface area contributed by atoms with Gasteiger partial charge in [-0.05, 0) is 46.5 Å². The molecule has 0 heterocycles. The zero-order chi connectivity index (χ0) is 12.8. The third-order valence-corrected chi connectivity index (χ3v) is 4.55. The Hall–Kier alpha value is 0.270. The molecule has 0 radical (unpaired) electrons. The van der Waals surface area contributed by atoms with Gasteiger partial charge in [0, 0.05) is 23.9 Å². The lowest BCUT2D eigenvalue weighted by molar-refractivity contribution is 0.187. The first kappa shape index (κ1) is 16.3. The van der Waals surface area contributed by atoms with Gasteiger partial charge in [-0.25, -0.2) is 0 Å². The molecule has 2 nitrogen and oxygen atoms in total. The maximum Gasteiger partial charge on any atom is 0.0271 e. The number of nitrogens with one attached hydrogen (secondary N) is 1. The fourth-order valence-corrected chi connectivity index (χ4v) is 2.20. The van der Waals surface area contributed by atoms with E-state index < -0.39 is 0 Å². The summed E-state index contributed by atoms with van der Waals surface area (Å²) < 4.78 is 0. The van der Waals surface area contributed by atoms with E-state index in [1.54, 1.807) is 0 Å². The van der Waals surface area contributed by atoms with E-state index in [-0.39, 0.29) is 5.54 Å². The van der Waals surface area contributed by atoms with Gasteiger partial charge < -0.3 is 10.2 Å². The highest BCUT2D eigenvalue weighted by molar-refractivity contribution is 7.99. The molecule has 0 aromatic heterocycles. The fourth-order valence-electron chi connectivity index (χ4n) is 1.12. The molecule has 16 heavy (non-hydrogen) atoms. The minimum atomic E-state index is 0.233. The summed E-state index contributed by atoms with van der Waals surface area (Å²) in [6.07, 6.45) is 0. The first-order valence-electron chi connectivity index (χ1n) is 6.24. The van der Waals surface area contributed by atoms with Crippen LogP contribution in [0.2, 0.25) is 0 Å². The molecule has 98 valence electrons. The molecule has 0 amide bonds. The Balaban J connectivity index is 3.68. The largest absolute Gasteiger partial charge is 0.312 e. The van der Waals surface area contributed by atoms with Crippen LogP contribution in [0.3, 0.4) is 0 Å². The molecule has 0 aliphatic heterocycles. The van der Waals surface area contributed by atoms with Gasteiger partial charge in [-0.2, -0.15) is 11.8 Å². The zero-order valence-electron chi connectivity index (χ0n) is 12.1. The van der Waals surface area contributed by atoms with Crippen molar-refractivity contribution in [2.75, 3.05) is 32.1 Å². The SMILES string of the molecule is CC(C)CSCC(C)NCC(C)(C)N(C)C. The van der Waals surface area contributed by atoms with Crippen molar-refractivity contribution >= 4 is 11.8 Å². The van der Waals surface area contributed by atoms with E-state index in [4.69, 9.17) is 0 Å². The molecule has 1 atom stereocenters. The van der Waals surface area contributed by atoms with Crippen LogP contribution in [0, 0.1) is 5.92 Å². The molecule has 0 saturated heterocycles. The normalized spacial score (nSPS) is 14.8. The summed E-state index contributed by atoms with van der Waals surface area (Å²) in [7, 11) is 4.28. The molecule has 0 saturated carbocycles. The van der Waals surface area contributed by atoms with Crippen LogP contribution in [0.4, 0.5) is 0 Å². The van der Waals surface area contributed by atoms with Gasteiger partial charge in [0.05, 0.1) is 0 Å². The van der Waals surface area contributed by atoms with Crippen molar-refractivity contribution in [3.63, 3.8) is 0 Å². The number of nitrogens with zero attached hydrogens (tertiary/aromatic N) is 1. The molecule has 0 aliphatic carbocycles. The maximum atomic E-state index is 3.62. The molecule has 0 fully saturated rings. The van der Waals surface area contributed by atoms with E-state index in [1.165, 1.54) is 11.5 Å². The summed E-state index contributed by atoms with van der Waals surface area (Å²) >= 11 is 2.05. The Labute approximate surface area is 107 Å². The van der Waals surface area contributed by atoms with Crippen LogP contribution >= 0.6 is 11.8 Å². The van der Waals surface area contributed by atoms with E-state index in [0.29, 0.717) is 6.04 Å².